The number of ether oxygens (including phenoxy) is 1. The van der Waals surface area contributed by atoms with E-state index in [0.717, 1.165) is 0 Å². The lowest BCUT2D eigenvalue weighted by Crippen LogP contribution is -2.36. The van der Waals surface area contributed by atoms with Crippen LogP contribution < -0.4 is 5.32 Å². The van der Waals surface area contributed by atoms with Gasteiger partial charge >= 0.3 is 6.09 Å². The average Bonchev–Trinajstić information content (AvgIpc) is 1.81. The van der Waals surface area contributed by atoms with Crippen molar-refractivity contribution >= 4 is 14.5 Å². The summed E-state index contributed by atoms with van der Waals surface area (Å²) in [5.41, 5.74) is -0.572. The van der Waals surface area contributed by atoms with E-state index in [1.54, 1.807) is 20.8 Å². The molecule has 0 aromatic heterocycles. The molecule has 0 aliphatic heterocycles. The van der Waals surface area contributed by atoms with Crippen LogP contribution in [0.2, 0.25) is 0 Å². The van der Waals surface area contributed by atoms with Crippen LogP contribution >= 0.6 is 8.38 Å². The Hall–Kier alpha value is -0.380. The van der Waals surface area contributed by atoms with Crippen molar-refractivity contribution in [1.82, 2.24) is 5.32 Å². The molecule has 0 aromatic rings. The van der Waals surface area contributed by atoms with Gasteiger partial charge in [0.05, 0.1) is 5.78 Å². The molecular formula is C7H16NO4P. The molecule has 0 fully saturated rings. The molecule has 1 amide bonds. The van der Waals surface area contributed by atoms with Gasteiger partial charge in [-0.3, -0.25) is 0 Å². The zero-order chi connectivity index (χ0) is 10.6. The van der Waals surface area contributed by atoms with Gasteiger partial charge < -0.3 is 19.8 Å². The molecule has 1 atom stereocenters. The Kier molecular flexibility index (Phi) is 4.61. The van der Waals surface area contributed by atoms with Gasteiger partial charge in [0.15, 0.2) is 8.38 Å². The fraction of sp³-hybridized carbons (Fsp3) is 0.857. The minimum Gasteiger partial charge on any atom is -0.444 e. The molecule has 0 heterocycles. The summed E-state index contributed by atoms with van der Waals surface area (Å²) in [6, 6.07) is 0. The van der Waals surface area contributed by atoms with Gasteiger partial charge in [-0.2, -0.15) is 0 Å². The molecule has 6 heteroatoms. The normalized spacial score (nSPS) is 14.1. The van der Waals surface area contributed by atoms with Crippen LogP contribution in [0.25, 0.3) is 0 Å². The zero-order valence-electron chi connectivity index (χ0n) is 8.24. The monoisotopic (exact) mass is 209 g/mol. The Balaban J connectivity index is 3.89. The van der Waals surface area contributed by atoms with Crippen LogP contribution in [-0.2, 0) is 4.74 Å². The lowest BCUT2D eigenvalue weighted by atomic mass is 10.2. The third-order valence-electron chi connectivity index (χ3n) is 1.07. The van der Waals surface area contributed by atoms with Gasteiger partial charge in [0.1, 0.15) is 5.60 Å². The molecule has 0 aromatic carbocycles. The van der Waals surface area contributed by atoms with E-state index in [1.807, 2.05) is 0 Å². The van der Waals surface area contributed by atoms with Crippen molar-refractivity contribution in [1.29, 1.82) is 0 Å². The standard InChI is InChI=1S/C7H16NO4P/c1-5(13(10)11)8-6(9)12-7(2,3)4/h5,10-11H,1-4H3,(H,8,9). The maximum atomic E-state index is 11.0. The van der Waals surface area contributed by atoms with Crippen LogP contribution in [0.3, 0.4) is 0 Å². The topological polar surface area (TPSA) is 78.8 Å². The first-order valence-corrected chi connectivity index (χ1v) is 5.20. The molecule has 0 saturated heterocycles. The summed E-state index contributed by atoms with van der Waals surface area (Å²) in [5, 5.41) is 2.30. The third kappa shape index (κ3) is 6.75. The summed E-state index contributed by atoms with van der Waals surface area (Å²) in [6.07, 6.45) is -0.643. The second-order valence-corrected chi connectivity index (χ2v) is 5.06. The number of amides is 1. The highest BCUT2D eigenvalue weighted by Gasteiger charge is 2.20. The fourth-order valence-electron chi connectivity index (χ4n) is 0.536. The number of nitrogens with one attached hydrogen (secondary N) is 1. The number of carbonyl (C=O) groups is 1. The number of carbonyl (C=O) groups excluding carboxylic acids is 1. The van der Waals surface area contributed by atoms with Crippen molar-refractivity contribution in [3.05, 3.63) is 0 Å². The van der Waals surface area contributed by atoms with Gasteiger partial charge in [0.2, 0.25) is 0 Å². The lowest BCUT2D eigenvalue weighted by Gasteiger charge is -2.22. The summed E-state index contributed by atoms with van der Waals surface area (Å²) in [5.74, 6) is -0.676. The van der Waals surface area contributed by atoms with E-state index in [1.165, 1.54) is 6.92 Å². The van der Waals surface area contributed by atoms with E-state index in [4.69, 9.17) is 14.5 Å². The van der Waals surface area contributed by atoms with Crippen molar-refractivity contribution < 1.29 is 19.3 Å². The molecule has 78 valence electrons. The third-order valence-corrected chi connectivity index (χ3v) is 1.89. The van der Waals surface area contributed by atoms with E-state index < -0.39 is 25.9 Å². The van der Waals surface area contributed by atoms with E-state index in [-0.39, 0.29) is 0 Å². The maximum Gasteiger partial charge on any atom is 0.408 e. The summed E-state index contributed by atoms with van der Waals surface area (Å²) < 4.78 is 4.90. The Labute approximate surface area is 79.0 Å². The Morgan fingerprint density at radius 2 is 1.92 bits per heavy atom. The molecule has 0 aliphatic carbocycles. The quantitative estimate of drug-likeness (QED) is 0.596. The second-order valence-electron chi connectivity index (χ2n) is 3.64. The van der Waals surface area contributed by atoms with Gasteiger partial charge in [-0.1, -0.05) is 0 Å². The summed E-state index contributed by atoms with van der Waals surface area (Å²) in [6.45, 7) is 6.70. The van der Waals surface area contributed by atoms with Gasteiger partial charge in [-0.15, -0.1) is 0 Å². The van der Waals surface area contributed by atoms with Gasteiger partial charge in [0, 0.05) is 0 Å². The fourth-order valence-corrected chi connectivity index (χ4v) is 0.757. The molecule has 0 bridgehead atoms. The highest BCUT2D eigenvalue weighted by Crippen LogP contribution is 2.28. The lowest BCUT2D eigenvalue weighted by molar-refractivity contribution is 0.0520. The number of hydrogen-bond donors (Lipinski definition) is 3. The molecule has 5 nitrogen and oxygen atoms in total. The van der Waals surface area contributed by atoms with Crippen LogP contribution in [0.4, 0.5) is 4.79 Å². The van der Waals surface area contributed by atoms with Crippen molar-refractivity contribution in [2.24, 2.45) is 0 Å². The molecule has 1 unspecified atom stereocenters. The molecule has 0 radical (unpaired) electrons. The van der Waals surface area contributed by atoms with Crippen LogP contribution in [0.5, 0.6) is 0 Å². The second kappa shape index (κ2) is 4.74. The van der Waals surface area contributed by atoms with Gasteiger partial charge in [0.25, 0.3) is 0 Å². The molecule has 3 N–H and O–H groups in total. The summed E-state index contributed by atoms with van der Waals surface area (Å²) >= 11 is 0. The van der Waals surface area contributed by atoms with Crippen LogP contribution in [0.1, 0.15) is 27.7 Å². The first-order valence-electron chi connectivity index (χ1n) is 3.89. The first kappa shape index (κ1) is 12.6. The van der Waals surface area contributed by atoms with E-state index >= 15 is 0 Å². The van der Waals surface area contributed by atoms with Crippen molar-refractivity contribution in [3.63, 3.8) is 0 Å². The minimum atomic E-state index is -2.15. The first-order chi connectivity index (χ1) is 5.72. The van der Waals surface area contributed by atoms with E-state index in [9.17, 15) is 4.79 Å². The van der Waals surface area contributed by atoms with Crippen molar-refractivity contribution in [2.45, 2.75) is 39.1 Å². The van der Waals surface area contributed by atoms with Crippen LogP contribution in [-0.4, -0.2) is 27.3 Å². The molecule has 0 rings (SSSR count). The smallest absolute Gasteiger partial charge is 0.408 e. The summed E-state index contributed by atoms with van der Waals surface area (Å²) in [4.78, 5) is 28.5. The molecule has 0 spiro atoms. The Bertz CT molecular complexity index is 178. The predicted octanol–water partition coefficient (Wildman–Crippen LogP) is 1.15. The van der Waals surface area contributed by atoms with E-state index in [0.29, 0.717) is 0 Å². The number of alkyl carbamates (subject to hydrolysis) is 1. The highest BCUT2D eigenvalue weighted by atomic mass is 31.2. The summed E-state index contributed by atoms with van der Waals surface area (Å²) in [7, 11) is -2.15. The average molecular weight is 209 g/mol. The van der Waals surface area contributed by atoms with E-state index in [2.05, 4.69) is 5.32 Å². The van der Waals surface area contributed by atoms with Gasteiger partial charge in [-0.05, 0) is 27.7 Å². The number of rotatable bonds is 2. The SMILES string of the molecule is CC(NC(=O)OC(C)(C)C)P(O)O. The van der Waals surface area contributed by atoms with Crippen molar-refractivity contribution in [3.8, 4) is 0 Å². The Morgan fingerprint density at radius 3 is 2.23 bits per heavy atom. The van der Waals surface area contributed by atoms with Crippen LogP contribution in [0.15, 0.2) is 0 Å². The highest BCUT2D eigenvalue weighted by molar-refractivity contribution is 7.45. The molecular weight excluding hydrogens is 193 g/mol. The van der Waals surface area contributed by atoms with Crippen molar-refractivity contribution in [2.75, 3.05) is 0 Å². The zero-order valence-corrected chi connectivity index (χ0v) is 9.13. The number of hydrogen-bond acceptors (Lipinski definition) is 4. The Morgan fingerprint density at radius 1 is 1.46 bits per heavy atom. The molecule has 0 aliphatic rings. The molecule has 0 saturated carbocycles. The predicted molar refractivity (Wildman–Crippen MR) is 50.2 cm³/mol. The minimum absolute atomic E-state index is 0.572. The van der Waals surface area contributed by atoms with Crippen LogP contribution in [0, 0.1) is 0 Å². The largest absolute Gasteiger partial charge is 0.444 e. The maximum absolute atomic E-state index is 11.0. The van der Waals surface area contributed by atoms with Gasteiger partial charge in [-0.25, -0.2) is 4.79 Å². The molecule has 13 heavy (non-hydrogen) atoms.